The van der Waals surface area contributed by atoms with Crippen molar-refractivity contribution in [1.82, 2.24) is 19.3 Å². The average Bonchev–Trinajstić information content (AvgIpc) is 3.25. The average molecular weight is 509 g/mol. The van der Waals surface area contributed by atoms with E-state index in [1.54, 1.807) is 42.1 Å². The molecular formula is C27H32N4O4S. The number of hydrogen-bond acceptors (Lipinski definition) is 6. The smallest absolute Gasteiger partial charge is 0.243 e. The Hall–Kier alpha value is -3.11. The van der Waals surface area contributed by atoms with Crippen LogP contribution in [0, 0.1) is 12.8 Å². The molecule has 8 nitrogen and oxygen atoms in total. The summed E-state index contributed by atoms with van der Waals surface area (Å²) in [4.78, 5) is 0.258. The normalized spacial score (nSPS) is 14.8. The molecule has 0 amide bonds. The highest BCUT2D eigenvalue weighted by Gasteiger charge is 2.29. The molecule has 0 aliphatic rings. The zero-order valence-corrected chi connectivity index (χ0v) is 22.0. The Morgan fingerprint density at radius 1 is 1.06 bits per heavy atom. The van der Waals surface area contributed by atoms with Gasteiger partial charge in [0.1, 0.15) is 5.52 Å². The SMILES string of the molecule is COC(O)C(C)C(c1ccc(C)c(CN(C)S(=O)(=O)c2ccccc2)c1)c1ccc2c(c1)nnn2C. The number of ether oxygens (including phenoxy) is 1. The predicted molar refractivity (Wildman–Crippen MR) is 139 cm³/mol. The van der Waals surface area contributed by atoms with Crippen molar-refractivity contribution in [2.75, 3.05) is 14.2 Å². The molecule has 0 fully saturated rings. The first-order valence-corrected chi connectivity index (χ1v) is 13.2. The lowest BCUT2D eigenvalue weighted by Gasteiger charge is -2.29. The summed E-state index contributed by atoms with van der Waals surface area (Å²) in [6, 6.07) is 20.4. The van der Waals surface area contributed by atoms with E-state index in [9.17, 15) is 13.5 Å². The van der Waals surface area contributed by atoms with E-state index in [1.165, 1.54) is 11.4 Å². The molecule has 1 N–H and O–H groups in total. The van der Waals surface area contributed by atoms with Gasteiger partial charge in [0.15, 0.2) is 6.29 Å². The Bertz CT molecular complexity index is 1450. The molecule has 0 aliphatic carbocycles. The molecule has 4 rings (SSSR count). The molecule has 9 heteroatoms. The summed E-state index contributed by atoms with van der Waals surface area (Å²) in [5.41, 5.74) is 5.46. The first-order valence-electron chi connectivity index (χ1n) is 11.7. The molecule has 0 aliphatic heterocycles. The Morgan fingerprint density at radius 2 is 1.72 bits per heavy atom. The van der Waals surface area contributed by atoms with Gasteiger partial charge in [-0.1, -0.05) is 54.6 Å². The summed E-state index contributed by atoms with van der Waals surface area (Å²) in [6.45, 7) is 4.12. The van der Waals surface area contributed by atoms with Crippen molar-refractivity contribution in [3.05, 3.63) is 89.0 Å². The monoisotopic (exact) mass is 508 g/mol. The van der Waals surface area contributed by atoms with Crippen LogP contribution in [-0.4, -0.2) is 53.3 Å². The highest BCUT2D eigenvalue weighted by Crippen LogP contribution is 2.36. The van der Waals surface area contributed by atoms with Crippen LogP contribution in [0.3, 0.4) is 0 Å². The molecule has 1 heterocycles. The number of aliphatic hydroxyl groups is 1. The number of benzene rings is 3. The van der Waals surface area contributed by atoms with E-state index in [1.807, 2.05) is 57.3 Å². The Labute approximate surface area is 212 Å². The molecule has 3 atom stereocenters. The van der Waals surface area contributed by atoms with Gasteiger partial charge in [-0.05, 0) is 53.4 Å². The molecule has 0 bridgehead atoms. The van der Waals surface area contributed by atoms with Crippen molar-refractivity contribution in [2.24, 2.45) is 13.0 Å². The highest BCUT2D eigenvalue weighted by atomic mass is 32.2. The van der Waals surface area contributed by atoms with Gasteiger partial charge in [-0.2, -0.15) is 4.31 Å². The maximum Gasteiger partial charge on any atom is 0.243 e. The van der Waals surface area contributed by atoms with Crippen LogP contribution in [0.15, 0.2) is 71.6 Å². The molecule has 0 saturated carbocycles. The zero-order valence-electron chi connectivity index (χ0n) is 21.2. The van der Waals surface area contributed by atoms with Crippen LogP contribution in [-0.2, 0) is 28.4 Å². The van der Waals surface area contributed by atoms with Crippen LogP contribution in [0.25, 0.3) is 11.0 Å². The third-order valence-corrected chi connectivity index (χ3v) is 8.61. The van der Waals surface area contributed by atoms with Gasteiger partial charge >= 0.3 is 0 Å². The van der Waals surface area contributed by atoms with Crippen molar-refractivity contribution >= 4 is 21.1 Å². The molecule has 3 unspecified atom stereocenters. The molecule has 190 valence electrons. The van der Waals surface area contributed by atoms with Crippen LogP contribution in [0.1, 0.15) is 35.1 Å². The van der Waals surface area contributed by atoms with Crippen molar-refractivity contribution in [1.29, 1.82) is 0 Å². The number of sulfonamides is 1. The van der Waals surface area contributed by atoms with Crippen LogP contribution in [0.4, 0.5) is 0 Å². The fraction of sp³-hybridized carbons (Fsp3) is 0.333. The van der Waals surface area contributed by atoms with E-state index < -0.39 is 16.3 Å². The first-order chi connectivity index (χ1) is 17.1. The lowest BCUT2D eigenvalue weighted by molar-refractivity contribution is -0.111. The maximum absolute atomic E-state index is 13.1. The van der Waals surface area contributed by atoms with Gasteiger partial charge in [0, 0.05) is 39.6 Å². The number of methoxy groups -OCH3 is 1. The molecule has 3 aromatic carbocycles. The summed E-state index contributed by atoms with van der Waals surface area (Å²) in [5.74, 6) is -0.507. The minimum atomic E-state index is -3.64. The van der Waals surface area contributed by atoms with Crippen LogP contribution in [0.2, 0.25) is 0 Å². The minimum Gasteiger partial charge on any atom is -0.368 e. The van der Waals surface area contributed by atoms with E-state index in [4.69, 9.17) is 4.74 Å². The largest absolute Gasteiger partial charge is 0.368 e. The number of nitrogens with zero attached hydrogens (tertiary/aromatic N) is 4. The van der Waals surface area contributed by atoms with Crippen molar-refractivity contribution < 1.29 is 18.3 Å². The topological polar surface area (TPSA) is 97.6 Å². The van der Waals surface area contributed by atoms with Crippen LogP contribution in [0.5, 0.6) is 0 Å². The fourth-order valence-corrected chi connectivity index (χ4v) is 5.75. The molecular weight excluding hydrogens is 476 g/mol. The van der Waals surface area contributed by atoms with E-state index in [2.05, 4.69) is 10.3 Å². The Morgan fingerprint density at radius 3 is 2.42 bits per heavy atom. The second kappa shape index (κ2) is 10.5. The van der Waals surface area contributed by atoms with E-state index in [-0.39, 0.29) is 23.3 Å². The fourth-order valence-electron chi connectivity index (χ4n) is 4.58. The quantitative estimate of drug-likeness (QED) is 0.345. The number of aryl methyl sites for hydroxylation is 2. The van der Waals surface area contributed by atoms with Gasteiger partial charge in [0.2, 0.25) is 10.0 Å². The van der Waals surface area contributed by atoms with E-state index in [0.29, 0.717) is 0 Å². The molecule has 0 radical (unpaired) electrons. The maximum atomic E-state index is 13.1. The number of hydrogen-bond donors (Lipinski definition) is 1. The van der Waals surface area contributed by atoms with Crippen molar-refractivity contribution in [2.45, 2.75) is 37.5 Å². The van der Waals surface area contributed by atoms with Crippen LogP contribution < -0.4 is 0 Å². The number of fused-ring (bicyclic) bond motifs is 1. The van der Waals surface area contributed by atoms with Gasteiger partial charge in [-0.25, -0.2) is 13.1 Å². The first kappa shape index (κ1) is 26.0. The summed E-state index contributed by atoms with van der Waals surface area (Å²) in [5, 5.41) is 19.0. The standard InChI is InChI=1S/C27H32N4O4S/c1-18-11-12-20(15-22(18)17-30(3)36(33,34)23-9-7-6-8-10-23)26(19(2)27(32)35-5)21-13-14-25-24(16-21)28-29-31(25)4/h6-16,19,26-27,32H,17H2,1-5H3. The van der Waals surface area contributed by atoms with Gasteiger partial charge in [0.25, 0.3) is 0 Å². The minimum absolute atomic E-state index is 0.216. The highest BCUT2D eigenvalue weighted by molar-refractivity contribution is 7.89. The number of aromatic nitrogens is 3. The summed E-state index contributed by atoms with van der Waals surface area (Å²) in [7, 11) is 1.27. The van der Waals surface area contributed by atoms with Crippen molar-refractivity contribution in [3.63, 3.8) is 0 Å². The predicted octanol–water partition coefficient (Wildman–Crippen LogP) is 3.83. The van der Waals surface area contributed by atoms with Gasteiger partial charge < -0.3 is 9.84 Å². The van der Waals surface area contributed by atoms with Crippen molar-refractivity contribution in [3.8, 4) is 0 Å². The Balaban J connectivity index is 1.73. The molecule has 4 aromatic rings. The second-order valence-corrected chi connectivity index (χ2v) is 11.2. The van der Waals surface area contributed by atoms with E-state index in [0.717, 1.165) is 33.3 Å². The van der Waals surface area contributed by atoms with Crippen LogP contribution >= 0.6 is 0 Å². The second-order valence-electron chi connectivity index (χ2n) is 9.18. The van der Waals surface area contributed by atoms with E-state index >= 15 is 0 Å². The zero-order chi connectivity index (χ0) is 26.0. The molecule has 1 aromatic heterocycles. The third-order valence-electron chi connectivity index (χ3n) is 6.79. The molecule has 0 spiro atoms. The Kier molecular flexibility index (Phi) is 7.56. The lowest BCUT2D eigenvalue weighted by atomic mass is 9.80. The third kappa shape index (κ3) is 5.05. The summed E-state index contributed by atoms with van der Waals surface area (Å²) < 4.78 is 34.6. The molecule has 0 saturated heterocycles. The number of rotatable bonds is 9. The summed E-state index contributed by atoms with van der Waals surface area (Å²) in [6.07, 6.45) is -0.988. The molecule has 36 heavy (non-hydrogen) atoms. The number of aliphatic hydroxyl groups excluding tert-OH is 1. The van der Waals surface area contributed by atoms with Gasteiger partial charge in [0.05, 0.1) is 10.4 Å². The van der Waals surface area contributed by atoms with Gasteiger partial charge in [-0.15, -0.1) is 5.10 Å². The summed E-state index contributed by atoms with van der Waals surface area (Å²) >= 11 is 0. The van der Waals surface area contributed by atoms with Gasteiger partial charge in [-0.3, -0.25) is 0 Å². The lowest BCUT2D eigenvalue weighted by Crippen LogP contribution is -2.28.